The minimum absolute atomic E-state index is 0.0971. The minimum atomic E-state index is -1.21. The molecule has 3 aromatic rings. The van der Waals surface area contributed by atoms with Gasteiger partial charge >= 0.3 is 6.03 Å². The molecule has 6 nitrogen and oxygen atoms in total. The van der Waals surface area contributed by atoms with E-state index in [0.29, 0.717) is 5.56 Å². The summed E-state index contributed by atoms with van der Waals surface area (Å²) in [5.74, 6) is -0.755. The van der Waals surface area contributed by atoms with Gasteiger partial charge < -0.3 is 10.6 Å². The Morgan fingerprint density at radius 1 is 1.06 bits per heavy atom. The van der Waals surface area contributed by atoms with Crippen LogP contribution in [0, 0.1) is 0 Å². The number of hydrogen-bond acceptors (Lipinski definition) is 3. The number of benzene rings is 3. The van der Waals surface area contributed by atoms with Crippen LogP contribution >= 0.6 is 0 Å². The molecular weight excluding hydrogens is 402 g/mol. The molecule has 0 saturated carbocycles. The zero-order chi connectivity index (χ0) is 22.3. The molecule has 1 aliphatic heterocycles. The van der Waals surface area contributed by atoms with Gasteiger partial charge in [0.15, 0.2) is 0 Å². The molecule has 32 heavy (non-hydrogen) atoms. The van der Waals surface area contributed by atoms with E-state index in [1.807, 2.05) is 60.7 Å². The van der Waals surface area contributed by atoms with Gasteiger partial charge in [0, 0.05) is 0 Å². The summed E-state index contributed by atoms with van der Waals surface area (Å²) in [7, 11) is 0. The van der Waals surface area contributed by atoms with Gasteiger partial charge in [0.2, 0.25) is 5.91 Å². The van der Waals surface area contributed by atoms with Crippen molar-refractivity contribution in [3.8, 4) is 0 Å². The SMILES string of the molecule is C[C@]1(c2ccc3ccccc3c2)NC(=O)N(CC(=O)N[C@@H]2CCCc3ccccc32)C1=O. The van der Waals surface area contributed by atoms with E-state index >= 15 is 0 Å². The quantitative estimate of drug-likeness (QED) is 0.622. The minimum Gasteiger partial charge on any atom is -0.348 e. The van der Waals surface area contributed by atoms with Crippen LogP contribution in [0.3, 0.4) is 0 Å². The van der Waals surface area contributed by atoms with Gasteiger partial charge in [0.25, 0.3) is 5.91 Å². The van der Waals surface area contributed by atoms with Crippen molar-refractivity contribution < 1.29 is 14.4 Å². The van der Waals surface area contributed by atoms with E-state index in [1.165, 1.54) is 5.56 Å². The standard InChI is InChI=1S/C26H25N3O3/c1-26(20-14-13-17-7-2-3-9-19(17)15-20)24(31)29(25(32)28-26)16-23(30)27-22-12-6-10-18-8-4-5-11-21(18)22/h2-5,7-9,11,13-15,22H,6,10,12,16H2,1H3,(H,27,30)(H,28,32)/t22-,26-/m1/s1. The van der Waals surface area contributed by atoms with Gasteiger partial charge in [-0.2, -0.15) is 0 Å². The predicted molar refractivity (Wildman–Crippen MR) is 122 cm³/mol. The van der Waals surface area contributed by atoms with E-state index in [2.05, 4.69) is 16.7 Å². The molecule has 6 heteroatoms. The number of nitrogens with zero attached hydrogens (tertiary/aromatic N) is 1. The van der Waals surface area contributed by atoms with Crippen molar-refractivity contribution in [3.63, 3.8) is 0 Å². The first-order valence-electron chi connectivity index (χ1n) is 11.0. The normalized spacial score (nSPS) is 22.5. The van der Waals surface area contributed by atoms with Gasteiger partial charge in [-0.25, -0.2) is 4.79 Å². The highest BCUT2D eigenvalue weighted by atomic mass is 16.2. The number of rotatable bonds is 4. The van der Waals surface area contributed by atoms with Crippen LogP contribution in [0.4, 0.5) is 4.79 Å². The summed E-state index contributed by atoms with van der Waals surface area (Å²) in [4.78, 5) is 39.8. The molecule has 0 aromatic heterocycles. The maximum atomic E-state index is 13.3. The Morgan fingerprint density at radius 2 is 1.81 bits per heavy atom. The van der Waals surface area contributed by atoms with Gasteiger partial charge in [-0.3, -0.25) is 14.5 Å². The third kappa shape index (κ3) is 3.42. The Morgan fingerprint density at radius 3 is 2.66 bits per heavy atom. The largest absolute Gasteiger partial charge is 0.348 e. The number of carbonyl (C=O) groups is 3. The van der Waals surface area contributed by atoms with Gasteiger partial charge in [-0.05, 0) is 59.7 Å². The van der Waals surface area contributed by atoms with Crippen LogP contribution in [0.25, 0.3) is 10.8 Å². The van der Waals surface area contributed by atoms with Crippen LogP contribution in [0.15, 0.2) is 66.7 Å². The average molecular weight is 428 g/mol. The number of aryl methyl sites for hydroxylation is 1. The molecule has 3 aromatic carbocycles. The summed E-state index contributed by atoms with van der Waals surface area (Å²) in [6, 6.07) is 21.0. The Kier molecular flexibility index (Phi) is 4.93. The summed E-state index contributed by atoms with van der Waals surface area (Å²) in [5.41, 5.74) is 1.84. The third-order valence-corrected chi connectivity index (χ3v) is 6.61. The molecule has 2 N–H and O–H groups in total. The summed E-state index contributed by atoms with van der Waals surface area (Å²) in [5, 5.41) is 7.86. The zero-order valence-electron chi connectivity index (χ0n) is 17.9. The summed E-state index contributed by atoms with van der Waals surface area (Å²) >= 11 is 0. The topological polar surface area (TPSA) is 78.5 Å². The van der Waals surface area contributed by atoms with Crippen molar-refractivity contribution in [2.45, 2.75) is 37.8 Å². The summed E-state index contributed by atoms with van der Waals surface area (Å²) in [6.07, 6.45) is 2.84. The Bertz CT molecular complexity index is 1240. The monoisotopic (exact) mass is 427 g/mol. The fourth-order valence-electron chi connectivity index (χ4n) is 4.82. The fraction of sp³-hybridized carbons (Fsp3) is 0.269. The molecular formula is C26H25N3O3. The number of amides is 4. The maximum Gasteiger partial charge on any atom is 0.325 e. The number of nitrogens with one attached hydrogen (secondary N) is 2. The molecule has 2 aliphatic rings. The fourth-order valence-corrected chi connectivity index (χ4v) is 4.82. The molecule has 1 saturated heterocycles. The lowest BCUT2D eigenvalue weighted by atomic mass is 9.88. The highest BCUT2D eigenvalue weighted by Crippen LogP contribution is 2.32. The van der Waals surface area contributed by atoms with Crippen LogP contribution in [0.5, 0.6) is 0 Å². The van der Waals surface area contributed by atoms with E-state index < -0.39 is 17.5 Å². The van der Waals surface area contributed by atoms with Crippen molar-refractivity contribution in [3.05, 3.63) is 83.4 Å². The molecule has 0 unspecified atom stereocenters. The molecule has 1 heterocycles. The van der Waals surface area contributed by atoms with Gasteiger partial charge in [-0.15, -0.1) is 0 Å². The first-order chi connectivity index (χ1) is 15.5. The molecule has 0 bridgehead atoms. The molecule has 162 valence electrons. The van der Waals surface area contributed by atoms with E-state index in [-0.39, 0.29) is 18.5 Å². The van der Waals surface area contributed by atoms with Crippen molar-refractivity contribution in [2.24, 2.45) is 0 Å². The third-order valence-electron chi connectivity index (χ3n) is 6.61. The lowest BCUT2D eigenvalue weighted by molar-refractivity contribution is -0.135. The maximum absolute atomic E-state index is 13.3. The Hall–Kier alpha value is -3.67. The van der Waals surface area contributed by atoms with Crippen LogP contribution in [0.2, 0.25) is 0 Å². The van der Waals surface area contributed by atoms with E-state index in [4.69, 9.17) is 0 Å². The van der Waals surface area contributed by atoms with Crippen molar-refractivity contribution in [2.75, 3.05) is 6.54 Å². The second-order valence-corrected chi connectivity index (χ2v) is 8.72. The summed E-state index contributed by atoms with van der Waals surface area (Å²) in [6.45, 7) is 1.39. The number of imide groups is 1. The van der Waals surface area contributed by atoms with Crippen LogP contribution in [-0.2, 0) is 21.5 Å². The second kappa shape index (κ2) is 7.79. The van der Waals surface area contributed by atoms with Crippen LogP contribution in [-0.4, -0.2) is 29.3 Å². The Balaban J connectivity index is 1.33. The number of urea groups is 1. The first kappa shape index (κ1) is 20.2. The molecule has 4 amide bonds. The molecule has 5 rings (SSSR count). The molecule has 1 fully saturated rings. The molecule has 0 radical (unpaired) electrons. The molecule has 1 aliphatic carbocycles. The highest BCUT2D eigenvalue weighted by molar-refractivity contribution is 6.09. The van der Waals surface area contributed by atoms with Crippen molar-refractivity contribution >= 4 is 28.6 Å². The second-order valence-electron chi connectivity index (χ2n) is 8.72. The Labute approximate surface area is 186 Å². The van der Waals surface area contributed by atoms with Crippen molar-refractivity contribution in [1.29, 1.82) is 0 Å². The smallest absolute Gasteiger partial charge is 0.325 e. The highest BCUT2D eigenvalue weighted by Gasteiger charge is 2.49. The first-order valence-corrected chi connectivity index (χ1v) is 11.0. The van der Waals surface area contributed by atoms with E-state index in [0.717, 1.165) is 40.5 Å². The predicted octanol–water partition coefficient (Wildman–Crippen LogP) is 3.80. The molecule has 2 atom stereocenters. The van der Waals surface area contributed by atoms with Gasteiger partial charge in [0.1, 0.15) is 12.1 Å². The van der Waals surface area contributed by atoms with Crippen LogP contribution in [0.1, 0.15) is 42.5 Å². The van der Waals surface area contributed by atoms with E-state index in [1.54, 1.807) is 6.92 Å². The van der Waals surface area contributed by atoms with Crippen LogP contribution < -0.4 is 10.6 Å². The van der Waals surface area contributed by atoms with Gasteiger partial charge in [-0.1, -0.05) is 60.7 Å². The number of carbonyl (C=O) groups excluding carboxylic acids is 3. The lowest BCUT2D eigenvalue weighted by Gasteiger charge is -2.27. The number of fused-ring (bicyclic) bond motifs is 2. The van der Waals surface area contributed by atoms with Gasteiger partial charge in [0.05, 0.1) is 6.04 Å². The van der Waals surface area contributed by atoms with Crippen molar-refractivity contribution in [1.82, 2.24) is 15.5 Å². The number of hydrogen-bond donors (Lipinski definition) is 2. The van der Waals surface area contributed by atoms with E-state index in [9.17, 15) is 14.4 Å². The summed E-state index contributed by atoms with van der Waals surface area (Å²) < 4.78 is 0. The average Bonchev–Trinajstić information content (AvgIpc) is 3.03. The zero-order valence-corrected chi connectivity index (χ0v) is 17.9. The lowest BCUT2D eigenvalue weighted by Crippen LogP contribution is -2.44. The molecule has 0 spiro atoms.